The van der Waals surface area contributed by atoms with Crippen LogP contribution in [0.3, 0.4) is 0 Å². The molecule has 19 heavy (non-hydrogen) atoms. The van der Waals surface area contributed by atoms with Gasteiger partial charge in [-0.3, -0.25) is 0 Å². The van der Waals surface area contributed by atoms with Crippen LogP contribution in [0.25, 0.3) is 10.9 Å². The Hall–Kier alpha value is -2.36. The molecule has 0 spiro atoms. The van der Waals surface area contributed by atoms with Crippen molar-refractivity contribution in [3.63, 3.8) is 0 Å². The summed E-state index contributed by atoms with van der Waals surface area (Å²) in [6.45, 7) is 0.278. The van der Waals surface area contributed by atoms with Gasteiger partial charge in [0.25, 0.3) is 0 Å². The van der Waals surface area contributed by atoms with E-state index < -0.39 is 0 Å². The second-order valence-electron chi connectivity index (χ2n) is 4.27. The van der Waals surface area contributed by atoms with E-state index in [1.54, 1.807) is 18.2 Å². The number of halogens is 2. The van der Waals surface area contributed by atoms with E-state index in [0.29, 0.717) is 5.75 Å². The van der Waals surface area contributed by atoms with Crippen LogP contribution in [-0.4, -0.2) is 4.98 Å². The molecule has 0 bridgehead atoms. The second kappa shape index (κ2) is 4.72. The SMILES string of the molecule is Fc1cccc(OCc2cc3ccc(F)cc3[nH]2)c1. The minimum absolute atomic E-state index is 0.278. The summed E-state index contributed by atoms with van der Waals surface area (Å²) in [6, 6.07) is 12.4. The fourth-order valence-corrected chi connectivity index (χ4v) is 1.96. The third-order valence-electron chi connectivity index (χ3n) is 2.83. The third kappa shape index (κ3) is 2.57. The lowest BCUT2D eigenvalue weighted by Crippen LogP contribution is -1.95. The highest BCUT2D eigenvalue weighted by molar-refractivity contribution is 5.80. The van der Waals surface area contributed by atoms with Crippen LogP contribution in [0.15, 0.2) is 48.5 Å². The predicted molar refractivity (Wildman–Crippen MR) is 69.0 cm³/mol. The number of nitrogens with one attached hydrogen (secondary N) is 1. The first-order valence-corrected chi connectivity index (χ1v) is 5.86. The van der Waals surface area contributed by atoms with Crippen LogP contribution in [0.2, 0.25) is 0 Å². The number of rotatable bonds is 3. The summed E-state index contributed by atoms with van der Waals surface area (Å²) in [5.41, 5.74) is 1.53. The zero-order valence-electron chi connectivity index (χ0n) is 9.99. The van der Waals surface area contributed by atoms with E-state index in [1.165, 1.54) is 24.3 Å². The van der Waals surface area contributed by atoms with Gasteiger partial charge >= 0.3 is 0 Å². The smallest absolute Gasteiger partial charge is 0.128 e. The van der Waals surface area contributed by atoms with E-state index >= 15 is 0 Å². The Bertz CT molecular complexity index is 721. The summed E-state index contributed by atoms with van der Waals surface area (Å²) < 4.78 is 31.5. The van der Waals surface area contributed by atoms with E-state index in [0.717, 1.165) is 16.6 Å². The molecule has 0 saturated carbocycles. The van der Waals surface area contributed by atoms with E-state index in [2.05, 4.69) is 4.98 Å². The molecule has 0 amide bonds. The van der Waals surface area contributed by atoms with E-state index in [9.17, 15) is 8.78 Å². The van der Waals surface area contributed by atoms with Crippen LogP contribution in [0, 0.1) is 11.6 Å². The maximum absolute atomic E-state index is 13.0. The second-order valence-corrected chi connectivity index (χ2v) is 4.27. The van der Waals surface area contributed by atoms with Gasteiger partial charge in [0.1, 0.15) is 24.0 Å². The number of aromatic amines is 1. The highest BCUT2D eigenvalue weighted by Gasteiger charge is 2.03. The van der Waals surface area contributed by atoms with Crippen molar-refractivity contribution >= 4 is 10.9 Å². The molecule has 3 aromatic rings. The largest absolute Gasteiger partial charge is 0.487 e. The minimum Gasteiger partial charge on any atom is -0.487 e. The first kappa shape index (κ1) is 11.7. The molecular formula is C15H11F2NO. The Labute approximate surface area is 108 Å². The average molecular weight is 259 g/mol. The van der Waals surface area contributed by atoms with Gasteiger partial charge in [0, 0.05) is 11.6 Å². The van der Waals surface area contributed by atoms with Gasteiger partial charge in [0.2, 0.25) is 0 Å². The lowest BCUT2D eigenvalue weighted by atomic mass is 10.2. The van der Waals surface area contributed by atoms with Crippen LogP contribution in [0.1, 0.15) is 5.69 Å². The number of fused-ring (bicyclic) bond motifs is 1. The number of aromatic nitrogens is 1. The molecule has 0 aliphatic heterocycles. The van der Waals surface area contributed by atoms with Crippen molar-refractivity contribution in [1.29, 1.82) is 0 Å². The average Bonchev–Trinajstić information content (AvgIpc) is 2.78. The summed E-state index contributed by atoms with van der Waals surface area (Å²) in [5.74, 6) is -0.159. The number of benzene rings is 2. The molecule has 0 saturated heterocycles. The van der Waals surface area contributed by atoms with E-state index in [4.69, 9.17) is 4.74 Å². The van der Waals surface area contributed by atoms with Crippen molar-refractivity contribution in [2.75, 3.05) is 0 Å². The van der Waals surface area contributed by atoms with Gasteiger partial charge in [-0.15, -0.1) is 0 Å². The summed E-state index contributed by atoms with van der Waals surface area (Å²) in [7, 11) is 0. The normalized spacial score (nSPS) is 10.8. The van der Waals surface area contributed by atoms with Crippen molar-refractivity contribution in [2.24, 2.45) is 0 Å². The molecule has 1 aromatic heterocycles. The molecule has 96 valence electrons. The summed E-state index contributed by atoms with van der Waals surface area (Å²) in [5, 5.41) is 0.916. The third-order valence-corrected chi connectivity index (χ3v) is 2.83. The highest BCUT2D eigenvalue weighted by atomic mass is 19.1. The van der Waals surface area contributed by atoms with Gasteiger partial charge in [0.05, 0.1) is 5.69 Å². The van der Waals surface area contributed by atoms with Gasteiger partial charge in [-0.2, -0.15) is 0 Å². The Balaban J connectivity index is 1.78. The van der Waals surface area contributed by atoms with E-state index in [-0.39, 0.29) is 18.2 Å². The molecule has 1 heterocycles. The van der Waals surface area contributed by atoms with Gasteiger partial charge < -0.3 is 9.72 Å². The van der Waals surface area contributed by atoms with Gasteiger partial charge in [-0.1, -0.05) is 6.07 Å². The molecule has 2 nitrogen and oxygen atoms in total. The Morgan fingerprint density at radius 3 is 2.63 bits per heavy atom. The van der Waals surface area contributed by atoms with Crippen LogP contribution < -0.4 is 4.74 Å². The quantitative estimate of drug-likeness (QED) is 0.754. The molecule has 2 aromatic carbocycles. The number of H-pyrrole nitrogens is 1. The number of hydrogen-bond acceptors (Lipinski definition) is 1. The van der Waals surface area contributed by atoms with Crippen molar-refractivity contribution in [2.45, 2.75) is 6.61 Å². The zero-order chi connectivity index (χ0) is 13.2. The van der Waals surface area contributed by atoms with Crippen LogP contribution in [0.4, 0.5) is 8.78 Å². The summed E-state index contributed by atoms with van der Waals surface area (Å²) in [4.78, 5) is 3.06. The highest BCUT2D eigenvalue weighted by Crippen LogP contribution is 2.19. The molecular weight excluding hydrogens is 248 g/mol. The summed E-state index contributed by atoms with van der Waals surface area (Å²) >= 11 is 0. The Kier molecular flexibility index (Phi) is 2.91. The van der Waals surface area contributed by atoms with Crippen LogP contribution >= 0.6 is 0 Å². The first-order chi connectivity index (χ1) is 9.20. The topological polar surface area (TPSA) is 25.0 Å². The summed E-state index contributed by atoms with van der Waals surface area (Å²) in [6.07, 6.45) is 0. The maximum atomic E-state index is 13.0. The lowest BCUT2D eigenvalue weighted by molar-refractivity contribution is 0.301. The Morgan fingerprint density at radius 1 is 0.947 bits per heavy atom. The predicted octanol–water partition coefficient (Wildman–Crippen LogP) is 4.03. The molecule has 3 rings (SSSR count). The molecule has 0 fully saturated rings. The molecule has 0 aliphatic carbocycles. The molecule has 0 atom stereocenters. The molecule has 0 aliphatic rings. The molecule has 0 unspecified atom stereocenters. The van der Waals surface area contributed by atoms with Gasteiger partial charge in [-0.05, 0) is 41.8 Å². The fourth-order valence-electron chi connectivity index (χ4n) is 1.96. The van der Waals surface area contributed by atoms with Gasteiger partial charge in [-0.25, -0.2) is 8.78 Å². The first-order valence-electron chi connectivity index (χ1n) is 5.86. The minimum atomic E-state index is -0.337. The van der Waals surface area contributed by atoms with Crippen LogP contribution in [0.5, 0.6) is 5.75 Å². The molecule has 0 radical (unpaired) electrons. The lowest BCUT2D eigenvalue weighted by Gasteiger charge is -2.04. The zero-order valence-corrected chi connectivity index (χ0v) is 9.99. The van der Waals surface area contributed by atoms with Crippen molar-refractivity contribution in [3.8, 4) is 5.75 Å². The van der Waals surface area contributed by atoms with E-state index in [1.807, 2.05) is 6.07 Å². The fraction of sp³-hybridized carbons (Fsp3) is 0.0667. The monoisotopic (exact) mass is 259 g/mol. The van der Waals surface area contributed by atoms with Gasteiger partial charge in [0.15, 0.2) is 0 Å². The van der Waals surface area contributed by atoms with Crippen molar-refractivity contribution in [1.82, 2.24) is 4.98 Å². The number of ether oxygens (including phenoxy) is 1. The molecule has 1 N–H and O–H groups in total. The molecule has 4 heteroatoms. The van der Waals surface area contributed by atoms with Crippen molar-refractivity contribution < 1.29 is 13.5 Å². The Morgan fingerprint density at radius 2 is 1.79 bits per heavy atom. The number of hydrogen-bond donors (Lipinski definition) is 1. The van der Waals surface area contributed by atoms with Crippen LogP contribution in [-0.2, 0) is 6.61 Å². The maximum Gasteiger partial charge on any atom is 0.128 e. The van der Waals surface area contributed by atoms with Crippen molar-refractivity contribution in [3.05, 3.63) is 65.9 Å². The standard InChI is InChI=1S/C15H11F2NO/c16-11-2-1-3-14(7-11)19-9-13-6-10-4-5-12(17)8-15(10)18-13/h1-8,18H,9H2.